The molecule has 0 aromatic carbocycles. The second kappa shape index (κ2) is 12.9. The fraction of sp³-hybridized carbons (Fsp3) is 0.600. The molecule has 10 heteroatoms. The number of carbonyl (C=O) groups excluding carboxylic acids is 2. The van der Waals surface area contributed by atoms with Gasteiger partial charge in [0, 0.05) is 0 Å². The summed E-state index contributed by atoms with van der Waals surface area (Å²) in [6.07, 6.45) is -3.67. The van der Waals surface area contributed by atoms with E-state index in [1.807, 2.05) is 0 Å². The van der Waals surface area contributed by atoms with Crippen LogP contribution in [-0.2, 0) is 19.4 Å². The molecule has 0 aromatic rings. The Hall–Kier alpha value is -2.52. The van der Waals surface area contributed by atoms with Crippen LogP contribution in [-0.4, -0.2) is 44.7 Å². The zero-order chi connectivity index (χ0) is 16.9. The second-order valence-electron chi connectivity index (χ2n) is 3.68. The molecule has 0 heterocycles. The molecule has 0 spiro atoms. The van der Waals surface area contributed by atoms with Crippen molar-refractivity contribution in [3.63, 3.8) is 0 Å². The molecule has 0 rings (SSSR count). The summed E-state index contributed by atoms with van der Waals surface area (Å²) in [6.45, 7) is 6.63. The molecule has 0 aliphatic heterocycles. The standard InChI is InChI=1S/C8H14O4.2CH2O3/c1-5(2)7(9)11-12-8(10)6(3)4;2*2-1(3)4/h5-6H,1-4H3;2*(H2,2,3,4). The zero-order valence-corrected chi connectivity index (χ0v) is 11.4. The lowest BCUT2D eigenvalue weighted by molar-refractivity contribution is -0.263. The van der Waals surface area contributed by atoms with Crippen molar-refractivity contribution in [2.75, 3.05) is 0 Å². The molecule has 0 unspecified atom stereocenters. The van der Waals surface area contributed by atoms with Crippen LogP contribution in [0.5, 0.6) is 0 Å². The van der Waals surface area contributed by atoms with Crippen molar-refractivity contribution in [2.45, 2.75) is 27.7 Å². The van der Waals surface area contributed by atoms with Gasteiger partial charge in [0.1, 0.15) is 0 Å². The third-order valence-corrected chi connectivity index (χ3v) is 1.15. The molecule has 0 saturated carbocycles. The highest BCUT2D eigenvalue weighted by Crippen LogP contribution is 2.00. The zero-order valence-electron chi connectivity index (χ0n) is 11.4. The first kappa shape index (κ1) is 22.6. The van der Waals surface area contributed by atoms with Gasteiger partial charge in [-0.05, 0) is 0 Å². The maximum atomic E-state index is 10.8. The third-order valence-electron chi connectivity index (χ3n) is 1.15. The van der Waals surface area contributed by atoms with Gasteiger partial charge in [-0.1, -0.05) is 27.7 Å². The minimum atomic E-state index is -1.83. The van der Waals surface area contributed by atoms with Crippen molar-refractivity contribution < 1.29 is 49.4 Å². The summed E-state index contributed by atoms with van der Waals surface area (Å²) in [4.78, 5) is 47.1. The van der Waals surface area contributed by atoms with E-state index < -0.39 is 24.2 Å². The van der Waals surface area contributed by atoms with E-state index in [9.17, 15) is 9.59 Å². The van der Waals surface area contributed by atoms with Gasteiger partial charge in [0.15, 0.2) is 0 Å². The fourth-order valence-corrected chi connectivity index (χ4v) is 0.275. The Kier molecular flexibility index (Phi) is 14.6. The highest BCUT2D eigenvalue weighted by molar-refractivity contribution is 5.74. The lowest BCUT2D eigenvalue weighted by Crippen LogP contribution is -2.18. The Labute approximate surface area is 114 Å². The molecule has 0 fully saturated rings. The largest absolute Gasteiger partial charge is 0.503 e. The maximum absolute atomic E-state index is 10.8. The third kappa shape index (κ3) is 29.6. The van der Waals surface area contributed by atoms with Crippen LogP contribution >= 0.6 is 0 Å². The minimum absolute atomic E-state index is 0.287. The molecule has 0 aromatic heterocycles. The van der Waals surface area contributed by atoms with Crippen molar-refractivity contribution in [2.24, 2.45) is 11.8 Å². The van der Waals surface area contributed by atoms with Gasteiger partial charge in [-0.25, -0.2) is 29.0 Å². The van der Waals surface area contributed by atoms with Gasteiger partial charge in [0.2, 0.25) is 0 Å². The van der Waals surface area contributed by atoms with E-state index in [0.29, 0.717) is 0 Å². The van der Waals surface area contributed by atoms with E-state index in [4.69, 9.17) is 30.0 Å². The van der Waals surface area contributed by atoms with E-state index >= 15 is 0 Å². The summed E-state index contributed by atoms with van der Waals surface area (Å²) < 4.78 is 0. The predicted octanol–water partition coefficient (Wildman–Crippen LogP) is 1.74. The molecule has 10 nitrogen and oxygen atoms in total. The Bertz CT molecular complexity index is 280. The van der Waals surface area contributed by atoms with Crippen LogP contribution in [0.2, 0.25) is 0 Å². The Balaban J connectivity index is -0.000000297. The molecule has 0 radical (unpaired) electrons. The monoisotopic (exact) mass is 298 g/mol. The lowest BCUT2D eigenvalue weighted by atomic mass is 10.2. The van der Waals surface area contributed by atoms with Crippen molar-refractivity contribution in [3.8, 4) is 0 Å². The number of hydrogen-bond acceptors (Lipinski definition) is 6. The normalized spacial score (nSPS) is 8.50. The van der Waals surface area contributed by atoms with Crippen LogP contribution in [0, 0.1) is 11.8 Å². The molecule has 0 aliphatic carbocycles. The van der Waals surface area contributed by atoms with Gasteiger partial charge in [0.05, 0.1) is 11.8 Å². The average Bonchev–Trinajstić information content (AvgIpc) is 2.23. The number of rotatable bonds is 2. The van der Waals surface area contributed by atoms with Crippen molar-refractivity contribution in [1.29, 1.82) is 0 Å². The molecular weight excluding hydrogens is 280 g/mol. The Morgan fingerprint density at radius 1 is 0.650 bits per heavy atom. The Morgan fingerprint density at radius 2 is 0.800 bits per heavy atom. The van der Waals surface area contributed by atoms with Gasteiger partial charge in [-0.2, -0.15) is 0 Å². The van der Waals surface area contributed by atoms with Crippen LogP contribution in [0.3, 0.4) is 0 Å². The minimum Gasteiger partial charge on any atom is -0.450 e. The molecule has 0 aliphatic rings. The molecule has 0 bridgehead atoms. The van der Waals surface area contributed by atoms with Gasteiger partial charge in [-0.3, -0.25) is 0 Å². The first-order valence-electron chi connectivity index (χ1n) is 5.17. The van der Waals surface area contributed by atoms with E-state index in [1.54, 1.807) is 27.7 Å². The van der Waals surface area contributed by atoms with Gasteiger partial charge < -0.3 is 20.4 Å². The van der Waals surface area contributed by atoms with Gasteiger partial charge in [-0.15, -0.1) is 0 Å². The fourth-order valence-electron chi connectivity index (χ4n) is 0.275. The maximum Gasteiger partial charge on any atom is 0.503 e. The topological polar surface area (TPSA) is 168 Å². The lowest BCUT2D eigenvalue weighted by Gasteiger charge is -2.05. The first-order valence-corrected chi connectivity index (χ1v) is 5.17. The van der Waals surface area contributed by atoms with Crippen LogP contribution in [0.1, 0.15) is 27.7 Å². The molecular formula is C10H18O10. The number of carboxylic acid groups (broad SMARTS) is 4. The molecule has 0 amide bonds. The second-order valence-corrected chi connectivity index (χ2v) is 3.68. The smallest absolute Gasteiger partial charge is 0.450 e. The van der Waals surface area contributed by atoms with E-state index in [-0.39, 0.29) is 11.8 Å². The van der Waals surface area contributed by atoms with Crippen molar-refractivity contribution in [3.05, 3.63) is 0 Å². The quantitative estimate of drug-likeness (QED) is 0.435. The summed E-state index contributed by atoms with van der Waals surface area (Å²) >= 11 is 0. The van der Waals surface area contributed by atoms with Gasteiger partial charge >= 0.3 is 24.2 Å². The Morgan fingerprint density at radius 3 is 0.900 bits per heavy atom. The van der Waals surface area contributed by atoms with Crippen LogP contribution in [0.25, 0.3) is 0 Å². The van der Waals surface area contributed by atoms with E-state index in [1.165, 1.54) is 0 Å². The van der Waals surface area contributed by atoms with Crippen molar-refractivity contribution in [1.82, 2.24) is 0 Å². The van der Waals surface area contributed by atoms with E-state index in [0.717, 1.165) is 0 Å². The average molecular weight is 298 g/mol. The first-order chi connectivity index (χ1) is 8.91. The SMILES string of the molecule is CC(C)C(=O)OOC(=O)C(C)C.O=C(O)O.O=C(O)O. The predicted molar refractivity (Wildman–Crippen MR) is 63.2 cm³/mol. The molecule has 118 valence electrons. The van der Waals surface area contributed by atoms with E-state index in [2.05, 4.69) is 9.78 Å². The van der Waals surface area contributed by atoms with Crippen molar-refractivity contribution >= 4 is 24.2 Å². The summed E-state index contributed by atoms with van der Waals surface area (Å²) in [5, 5.41) is 27.9. The number of carbonyl (C=O) groups is 4. The van der Waals surface area contributed by atoms with Gasteiger partial charge in [0.25, 0.3) is 0 Å². The molecule has 20 heavy (non-hydrogen) atoms. The van der Waals surface area contributed by atoms with Crippen LogP contribution in [0.15, 0.2) is 0 Å². The van der Waals surface area contributed by atoms with Crippen LogP contribution < -0.4 is 0 Å². The molecule has 4 N–H and O–H groups in total. The summed E-state index contributed by atoms with van der Waals surface area (Å²) in [5.41, 5.74) is 0. The highest BCUT2D eigenvalue weighted by atomic mass is 17.2. The molecule has 0 atom stereocenters. The highest BCUT2D eigenvalue weighted by Gasteiger charge is 2.15. The summed E-state index contributed by atoms with van der Waals surface area (Å²) in [6, 6.07) is 0. The van der Waals surface area contributed by atoms with Crippen LogP contribution in [0.4, 0.5) is 9.59 Å². The number of hydrogen-bond donors (Lipinski definition) is 4. The summed E-state index contributed by atoms with van der Waals surface area (Å²) in [7, 11) is 0. The summed E-state index contributed by atoms with van der Waals surface area (Å²) in [5.74, 6) is -1.65. The molecule has 0 saturated heterocycles.